The van der Waals surface area contributed by atoms with E-state index in [1.807, 2.05) is 6.07 Å². The lowest BCUT2D eigenvalue weighted by Crippen LogP contribution is -2.51. The van der Waals surface area contributed by atoms with Crippen LogP contribution < -0.4 is 26.2 Å². The molecule has 4 amide bonds. The second kappa shape index (κ2) is 16.8. The van der Waals surface area contributed by atoms with Crippen molar-refractivity contribution in [2.24, 2.45) is 5.92 Å². The number of fused-ring (bicyclic) bond motifs is 4. The molecule has 62 heavy (non-hydrogen) atoms. The molecule has 18 nitrogen and oxygen atoms in total. The van der Waals surface area contributed by atoms with Crippen LogP contribution in [0.25, 0.3) is 16.6 Å². The highest BCUT2D eigenvalue weighted by Gasteiger charge is 2.35. The van der Waals surface area contributed by atoms with E-state index in [2.05, 4.69) is 51.3 Å². The van der Waals surface area contributed by atoms with Crippen LogP contribution in [0.15, 0.2) is 47.4 Å². The molecule has 4 N–H and O–H groups in total. The molecule has 20 heteroatoms. The van der Waals surface area contributed by atoms with E-state index >= 15 is 0 Å². The number of halogens is 2. The van der Waals surface area contributed by atoms with Gasteiger partial charge in [-0.05, 0) is 69.1 Å². The van der Waals surface area contributed by atoms with Gasteiger partial charge in [0.2, 0.25) is 17.7 Å². The van der Waals surface area contributed by atoms with E-state index in [0.717, 1.165) is 90.2 Å². The zero-order chi connectivity index (χ0) is 42.5. The molecule has 4 saturated heterocycles. The van der Waals surface area contributed by atoms with Gasteiger partial charge in [-0.25, -0.2) is 18.3 Å². The number of para-hydroxylation sites is 1. The molecule has 1 saturated carbocycles. The fourth-order valence-corrected chi connectivity index (χ4v) is 9.98. The molecule has 5 aromatic rings. The molecular weight excluding hydrogens is 805 g/mol. The molecule has 10 rings (SSSR count). The van der Waals surface area contributed by atoms with Gasteiger partial charge in [0.15, 0.2) is 16.9 Å². The molecule has 326 valence electrons. The first kappa shape index (κ1) is 40.2. The summed E-state index contributed by atoms with van der Waals surface area (Å²) in [5.74, 6) is -0.849. The molecule has 4 aliphatic heterocycles. The van der Waals surface area contributed by atoms with Crippen molar-refractivity contribution >= 4 is 57.4 Å². The van der Waals surface area contributed by atoms with Crippen LogP contribution in [0.2, 0.25) is 0 Å². The number of piperazine rings is 2. The summed E-state index contributed by atoms with van der Waals surface area (Å²) in [6.07, 6.45) is 8.08. The second-order valence-corrected chi connectivity index (χ2v) is 17.4. The van der Waals surface area contributed by atoms with Gasteiger partial charge < -0.3 is 30.3 Å². The Hall–Kier alpha value is -5.86. The first-order valence-corrected chi connectivity index (χ1v) is 21.6. The Labute approximate surface area is 354 Å². The van der Waals surface area contributed by atoms with Crippen LogP contribution in [-0.2, 0) is 14.4 Å². The zero-order valence-electron chi connectivity index (χ0n) is 34.1. The van der Waals surface area contributed by atoms with Crippen LogP contribution in [0.1, 0.15) is 91.5 Å². The van der Waals surface area contributed by atoms with E-state index in [1.165, 1.54) is 16.9 Å². The summed E-state index contributed by atoms with van der Waals surface area (Å²) in [7, 11) is 0. The largest absolute Gasteiger partial charge is 0.354 e. The fourth-order valence-electron chi connectivity index (χ4n) is 9.98. The third-order valence-corrected chi connectivity index (χ3v) is 13.3. The van der Waals surface area contributed by atoms with Crippen molar-refractivity contribution in [3.8, 4) is 0 Å². The van der Waals surface area contributed by atoms with E-state index in [1.54, 1.807) is 29.1 Å². The maximum Gasteiger partial charge on any atom is 0.284 e. The zero-order valence-corrected chi connectivity index (χ0v) is 34.1. The Bertz CT molecular complexity index is 2490. The van der Waals surface area contributed by atoms with Crippen molar-refractivity contribution in [3.63, 3.8) is 0 Å². The number of hydrogen-bond donors (Lipinski definition) is 4. The van der Waals surface area contributed by atoms with Crippen LogP contribution >= 0.6 is 0 Å². The monoisotopic (exact) mass is 853 g/mol. The van der Waals surface area contributed by atoms with E-state index in [0.29, 0.717) is 52.4 Å². The summed E-state index contributed by atoms with van der Waals surface area (Å²) in [6, 6.07) is 7.96. The van der Waals surface area contributed by atoms with Crippen LogP contribution in [0.5, 0.6) is 0 Å². The fraction of sp³-hybridized carbons (Fsp3) is 0.524. The Balaban J connectivity index is 0.699. The van der Waals surface area contributed by atoms with Gasteiger partial charge in [-0.2, -0.15) is 10.2 Å². The third kappa shape index (κ3) is 8.13. The molecule has 3 atom stereocenters. The van der Waals surface area contributed by atoms with Crippen molar-refractivity contribution in [1.29, 1.82) is 0 Å². The number of carbonyl (C=O) groups excluding carboxylic acids is 4. The molecule has 1 aliphatic carbocycles. The molecule has 2 bridgehead atoms. The summed E-state index contributed by atoms with van der Waals surface area (Å²) in [4.78, 5) is 62.4. The van der Waals surface area contributed by atoms with E-state index in [4.69, 9.17) is 9.51 Å². The van der Waals surface area contributed by atoms with Crippen LogP contribution in [0, 0.1) is 5.92 Å². The van der Waals surface area contributed by atoms with Crippen molar-refractivity contribution in [2.45, 2.75) is 81.8 Å². The van der Waals surface area contributed by atoms with Crippen molar-refractivity contribution in [2.75, 3.05) is 67.9 Å². The van der Waals surface area contributed by atoms with Gasteiger partial charge >= 0.3 is 0 Å². The minimum atomic E-state index is -2.87. The minimum Gasteiger partial charge on any atom is -0.354 e. The van der Waals surface area contributed by atoms with Crippen molar-refractivity contribution < 1.29 is 32.5 Å². The first-order valence-electron chi connectivity index (χ1n) is 21.6. The number of piperidine rings is 1. The lowest BCUT2D eigenvalue weighted by molar-refractivity contribution is -0.134. The van der Waals surface area contributed by atoms with Gasteiger partial charge in [0.1, 0.15) is 17.1 Å². The Morgan fingerprint density at radius 2 is 1.69 bits per heavy atom. The number of anilines is 3. The summed E-state index contributed by atoms with van der Waals surface area (Å²) in [5.41, 5.74) is 1.41. The quantitative estimate of drug-likeness (QED) is 0.140. The average Bonchev–Trinajstić information content (AvgIpc) is 4.07. The molecule has 8 heterocycles. The number of hydrogen-bond acceptors (Lipinski definition) is 13. The SMILES string of the molecule is O=C1CCC(c2noc3c(NC(=O)CN4CCN(CC5CCC(n6cc(NC(=O)c7cnn8ccc(N9CC%10CCC(C9)N%10)nc78)c(C(F)F)n6)CC5)CC4)cccc23)C(=O)N1. The Morgan fingerprint density at radius 1 is 0.919 bits per heavy atom. The van der Waals surface area contributed by atoms with E-state index in [-0.39, 0.29) is 42.1 Å². The predicted molar refractivity (Wildman–Crippen MR) is 222 cm³/mol. The smallest absolute Gasteiger partial charge is 0.284 e. The molecule has 0 radical (unpaired) electrons. The highest BCUT2D eigenvalue weighted by Crippen LogP contribution is 2.37. The molecule has 4 aromatic heterocycles. The Kier molecular flexibility index (Phi) is 10.9. The summed E-state index contributed by atoms with van der Waals surface area (Å²) < 4.78 is 37.3. The number of aromatic nitrogens is 6. The second-order valence-electron chi connectivity index (χ2n) is 17.4. The van der Waals surface area contributed by atoms with Crippen LogP contribution in [0.3, 0.4) is 0 Å². The summed E-state index contributed by atoms with van der Waals surface area (Å²) >= 11 is 0. The van der Waals surface area contributed by atoms with Gasteiger partial charge in [-0.15, -0.1) is 0 Å². The van der Waals surface area contributed by atoms with Gasteiger partial charge in [-0.3, -0.25) is 34.1 Å². The first-order chi connectivity index (χ1) is 30.1. The minimum absolute atomic E-state index is 0.0122. The number of amides is 4. The normalized spacial score (nSPS) is 24.9. The third-order valence-electron chi connectivity index (χ3n) is 13.3. The number of rotatable bonds is 11. The maximum absolute atomic E-state index is 14.3. The van der Waals surface area contributed by atoms with E-state index in [9.17, 15) is 28.0 Å². The van der Waals surface area contributed by atoms with Crippen LogP contribution in [-0.4, -0.2) is 127 Å². The highest BCUT2D eigenvalue weighted by atomic mass is 19.3. The molecule has 3 unspecified atom stereocenters. The van der Waals surface area contributed by atoms with Crippen molar-refractivity contribution in [3.05, 3.63) is 59.8 Å². The lowest BCUT2D eigenvalue weighted by Gasteiger charge is -2.38. The van der Waals surface area contributed by atoms with Crippen LogP contribution in [0.4, 0.5) is 26.0 Å². The number of imide groups is 1. The predicted octanol–water partition coefficient (Wildman–Crippen LogP) is 3.71. The molecule has 5 aliphatic rings. The molecule has 5 fully saturated rings. The number of carbonyl (C=O) groups is 4. The van der Waals surface area contributed by atoms with Gasteiger partial charge in [0.25, 0.3) is 12.3 Å². The maximum atomic E-state index is 14.3. The number of alkyl halides is 2. The standard InChI is InChI=1S/C42H49F2N13O5/c43-39(44)37-32(48-42(61)30-18-45-56-13-12-33(49-40(30)56)55-20-25-6-7-26(21-55)46-25)22-57(51-37)27-8-4-24(5-9-27)19-53-14-16-54(17-15-53)23-35(59)47-31-3-1-2-28-36(52-62-38(28)31)29-10-11-34(58)50-41(29)60/h1-3,12-13,18,22,24-27,29,39,46H,4-11,14-17,19-21,23H2,(H,47,59)(H,48,61)(H,50,58,60). The molecule has 0 spiro atoms. The van der Waals surface area contributed by atoms with E-state index < -0.39 is 29.9 Å². The van der Waals surface area contributed by atoms with Crippen molar-refractivity contribution in [1.82, 2.24) is 50.0 Å². The van der Waals surface area contributed by atoms with Gasteiger partial charge in [0.05, 0.1) is 36.1 Å². The molecular formula is C42H49F2N13O5. The average molecular weight is 854 g/mol. The lowest BCUT2D eigenvalue weighted by atomic mass is 9.85. The van der Waals surface area contributed by atoms with Gasteiger partial charge in [0, 0.05) is 82.1 Å². The Morgan fingerprint density at radius 3 is 2.45 bits per heavy atom. The highest BCUT2D eigenvalue weighted by molar-refractivity contribution is 6.08. The molecule has 1 aromatic carbocycles. The number of nitrogens with zero attached hydrogens (tertiary/aromatic N) is 9. The summed E-state index contributed by atoms with van der Waals surface area (Å²) in [5, 5.41) is 25.0. The number of nitrogens with one attached hydrogen (secondary N) is 4. The van der Waals surface area contributed by atoms with Gasteiger partial charge in [-0.1, -0.05) is 11.2 Å². The number of benzene rings is 1. The topological polar surface area (TPSA) is 200 Å². The summed E-state index contributed by atoms with van der Waals surface area (Å²) in [6.45, 7) is 5.90.